The summed E-state index contributed by atoms with van der Waals surface area (Å²) in [5.74, 6) is 0. The maximum Gasteiger partial charge on any atom is 0.193 e. The Morgan fingerprint density at radius 2 is 1.96 bits per heavy atom. The number of nitrogens with zero attached hydrogens (tertiary/aromatic N) is 2. The van der Waals surface area contributed by atoms with E-state index in [0.717, 1.165) is 15.6 Å². The van der Waals surface area contributed by atoms with Gasteiger partial charge in [0.25, 0.3) is 0 Å². The van der Waals surface area contributed by atoms with Crippen LogP contribution in [0.2, 0.25) is 10.0 Å². The average molecular weight is 470 g/mol. The number of hydrogen-bond donors (Lipinski definition) is 0. The van der Waals surface area contributed by atoms with Gasteiger partial charge in [-0.3, -0.25) is 4.79 Å². The second kappa shape index (κ2) is 9.09. The first-order valence-electron chi connectivity index (χ1n) is 7.86. The summed E-state index contributed by atoms with van der Waals surface area (Å²) in [5, 5.41) is 1.10. The van der Waals surface area contributed by atoms with Crippen molar-refractivity contribution in [2.24, 2.45) is 0 Å². The third kappa shape index (κ3) is 5.36. The van der Waals surface area contributed by atoms with Gasteiger partial charge in [-0.1, -0.05) is 69.1 Å². The van der Waals surface area contributed by atoms with Crippen molar-refractivity contribution in [1.29, 1.82) is 0 Å². The third-order valence-electron chi connectivity index (χ3n) is 3.78. The zero-order valence-corrected chi connectivity index (χ0v) is 17.5. The molecule has 0 spiro atoms. The van der Waals surface area contributed by atoms with Crippen molar-refractivity contribution in [2.45, 2.75) is 18.2 Å². The lowest BCUT2D eigenvalue weighted by atomic mass is 10.1. The summed E-state index contributed by atoms with van der Waals surface area (Å²) >= 11 is 17.1. The van der Waals surface area contributed by atoms with Gasteiger partial charge in [0.2, 0.25) is 0 Å². The predicted octanol–water partition coefficient (Wildman–Crippen LogP) is 6.20. The molecule has 3 aromatic rings. The monoisotopic (exact) mass is 468 g/mol. The summed E-state index contributed by atoms with van der Waals surface area (Å²) in [6.07, 6.45) is 5.69. The first-order chi connectivity index (χ1) is 12.5. The molecule has 7 heteroatoms. The van der Waals surface area contributed by atoms with Crippen molar-refractivity contribution >= 4 is 56.0 Å². The fraction of sp³-hybridized carbons (Fsp3) is 0.158. The molecule has 134 valence electrons. The topological polar surface area (TPSA) is 34.9 Å². The van der Waals surface area contributed by atoms with Crippen molar-refractivity contribution in [3.8, 4) is 0 Å². The van der Waals surface area contributed by atoms with Crippen molar-refractivity contribution in [3.63, 3.8) is 0 Å². The van der Waals surface area contributed by atoms with Crippen LogP contribution in [-0.4, -0.2) is 14.7 Å². The van der Waals surface area contributed by atoms with Gasteiger partial charge in [-0.25, -0.2) is 4.98 Å². The molecular formula is C19H15BrCl2N2OS. The minimum atomic E-state index is -0.128. The fourth-order valence-corrected chi connectivity index (χ4v) is 4.53. The number of imidazole rings is 1. The molecule has 26 heavy (non-hydrogen) atoms. The van der Waals surface area contributed by atoms with E-state index < -0.39 is 0 Å². The van der Waals surface area contributed by atoms with Crippen LogP contribution in [-0.2, 0) is 17.8 Å². The molecule has 1 unspecified atom stereocenters. The normalized spacial score (nSPS) is 12.1. The van der Waals surface area contributed by atoms with Crippen molar-refractivity contribution in [3.05, 3.63) is 86.8 Å². The molecule has 3 nitrogen and oxygen atoms in total. The highest BCUT2D eigenvalue weighted by Crippen LogP contribution is 2.37. The zero-order chi connectivity index (χ0) is 18.5. The lowest BCUT2D eigenvalue weighted by molar-refractivity contribution is -0.110. The van der Waals surface area contributed by atoms with Crippen LogP contribution in [0, 0.1) is 0 Å². The minimum absolute atomic E-state index is 0.0865. The molecule has 0 radical (unpaired) electrons. The van der Waals surface area contributed by atoms with Crippen LogP contribution in [0.3, 0.4) is 0 Å². The number of carbonyl (C=O) groups is 1. The van der Waals surface area contributed by atoms with Gasteiger partial charge in [0.05, 0.1) is 11.6 Å². The molecular weight excluding hydrogens is 455 g/mol. The Balaban J connectivity index is 1.78. The summed E-state index contributed by atoms with van der Waals surface area (Å²) in [6.45, 7) is 0.595. The van der Waals surface area contributed by atoms with Gasteiger partial charge in [-0.15, -0.1) is 0 Å². The molecule has 0 aliphatic heterocycles. The maximum atomic E-state index is 12.6. The Morgan fingerprint density at radius 3 is 2.62 bits per heavy atom. The molecule has 0 saturated heterocycles. The number of rotatable bonds is 6. The van der Waals surface area contributed by atoms with Gasteiger partial charge in [0.1, 0.15) is 0 Å². The smallest absolute Gasteiger partial charge is 0.193 e. The van der Waals surface area contributed by atoms with Gasteiger partial charge in [-0.05, 0) is 35.4 Å². The van der Waals surface area contributed by atoms with E-state index in [4.69, 9.17) is 23.2 Å². The van der Waals surface area contributed by atoms with Crippen LogP contribution in [0.5, 0.6) is 0 Å². The van der Waals surface area contributed by atoms with Crippen molar-refractivity contribution in [2.75, 3.05) is 0 Å². The molecule has 0 saturated carbocycles. The Bertz CT molecular complexity index is 885. The second-order valence-corrected chi connectivity index (χ2v) is 8.73. The molecule has 3 rings (SSSR count). The molecule has 1 heterocycles. The number of halogens is 3. The van der Waals surface area contributed by atoms with Crippen molar-refractivity contribution in [1.82, 2.24) is 9.55 Å². The molecule has 0 fully saturated rings. The van der Waals surface area contributed by atoms with Crippen molar-refractivity contribution < 1.29 is 4.79 Å². The van der Waals surface area contributed by atoms with E-state index in [-0.39, 0.29) is 10.4 Å². The summed E-state index contributed by atoms with van der Waals surface area (Å²) in [7, 11) is 0. The third-order valence-corrected chi connectivity index (χ3v) is 5.97. The molecule has 0 N–H and O–H groups in total. The van der Waals surface area contributed by atoms with Crippen LogP contribution in [0.25, 0.3) is 0 Å². The largest absolute Gasteiger partial charge is 0.336 e. The van der Waals surface area contributed by atoms with Gasteiger partial charge < -0.3 is 4.57 Å². The Labute approximate surface area is 174 Å². The van der Waals surface area contributed by atoms with E-state index in [0.29, 0.717) is 23.0 Å². The van der Waals surface area contributed by atoms with Gasteiger partial charge in [-0.2, -0.15) is 0 Å². The Morgan fingerprint density at radius 1 is 1.19 bits per heavy atom. The molecule has 1 atom stereocenters. The standard InChI is InChI=1S/C19H15BrCl2N2OS/c20-14-3-1-13(2-4-14)9-19(25)26-18(11-24-8-7-23-12-24)16-6-5-15(21)10-17(16)22/h1-8,10,12,18H,9,11H2. The van der Waals surface area contributed by atoms with E-state index >= 15 is 0 Å². The van der Waals surface area contributed by atoms with Gasteiger partial charge in [0, 0.05) is 39.9 Å². The highest BCUT2D eigenvalue weighted by atomic mass is 79.9. The van der Waals surface area contributed by atoms with E-state index in [1.807, 2.05) is 41.1 Å². The highest BCUT2D eigenvalue weighted by Gasteiger charge is 2.20. The van der Waals surface area contributed by atoms with E-state index in [1.54, 1.807) is 24.7 Å². The Hall–Kier alpha value is -1.27. The highest BCUT2D eigenvalue weighted by molar-refractivity contribution is 9.10. The minimum Gasteiger partial charge on any atom is -0.336 e. The maximum absolute atomic E-state index is 12.6. The summed E-state index contributed by atoms with van der Waals surface area (Å²) in [5.41, 5.74) is 1.87. The Kier molecular flexibility index (Phi) is 6.81. The molecule has 2 aromatic carbocycles. The molecule has 0 aliphatic carbocycles. The van der Waals surface area contributed by atoms with Crippen LogP contribution in [0.4, 0.5) is 0 Å². The van der Waals surface area contributed by atoms with Gasteiger partial charge >= 0.3 is 0 Å². The predicted molar refractivity (Wildman–Crippen MR) is 112 cm³/mol. The SMILES string of the molecule is O=C(Cc1ccc(Br)cc1)SC(Cn1ccnc1)c1ccc(Cl)cc1Cl. The lowest BCUT2D eigenvalue weighted by Crippen LogP contribution is -2.09. The van der Waals surface area contributed by atoms with Gasteiger partial charge in [0.15, 0.2) is 5.12 Å². The second-order valence-electron chi connectivity index (χ2n) is 5.71. The van der Waals surface area contributed by atoms with Crippen LogP contribution in [0.1, 0.15) is 16.4 Å². The molecule has 0 amide bonds. The summed E-state index contributed by atoms with van der Waals surface area (Å²) < 4.78 is 2.93. The number of thioether (sulfide) groups is 1. The zero-order valence-electron chi connectivity index (χ0n) is 13.6. The lowest BCUT2D eigenvalue weighted by Gasteiger charge is -2.18. The van der Waals surface area contributed by atoms with Crippen LogP contribution in [0.15, 0.2) is 65.7 Å². The summed E-state index contributed by atoms with van der Waals surface area (Å²) in [4.78, 5) is 16.7. The molecule has 0 bridgehead atoms. The number of carbonyl (C=O) groups excluding carboxylic acids is 1. The number of aromatic nitrogens is 2. The molecule has 1 aromatic heterocycles. The number of benzene rings is 2. The van der Waals surface area contributed by atoms with E-state index in [2.05, 4.69) is 20.9 Å². The first-order valence-corrected chi connectivity index (χ1v) is 10.3. The number of hydrogen-bond acceptors (Lipinski definition) is 3. The fourth-order valence-electron chi connectivity index (χ4n) is 2.52. The summed E-state index contributed by atoms with van der Waals surface area (Å²) in [6, 6.07) is 13.2. The van der Waals surface area contributed by atoms with E-state index in [1.165, 1.54) is 11.8 Å². The average Bonchev–Trinajstić information content (AvgIpc) is 3.09. The van der Waals surface area contributed by atoms with Crippen LogP contribution >= 0.6 is 50.9 Å². The molecule has 0 aliphatic rings. The van der Waals surface area contributed by atoms with Crippen LogP contribution < -0.4 is 0 Å². The van der Waals surface area contributed by atoms with E-state index in [9.17, 15) is 4.79 Å². The first kappa shape index (κ1) is 19.5. The quantitative estimate of drug-likeness (QED) is 0.431.